The fraction of sp³-hybridized carbons (Fsp3) is 0.312. The third kappa shape index (κ3) is 5.28. The molecule has 0 fully saturated rings. The number of primary amides is 1. The van der Waals surface area contributed by atoms with E-state index in [-0.39, 0.29) is 18.5 Å². The molecule has 0 heterocycles. The molecule has 140 valence electrons. The molecule has 0 unspecified atom stereocenters. The van der Waals surface area contributed by atoms with Crippen molar-refractivity contribution in [1.29, 1.82) is 0 Å². The summed E-state index contributed by atoms with van der Waals surface area (Å²) in [5.74, 6) is -1.31. The summed E-state index contributed by atoms with van der Waals surface area (Å²) in [6, 6.07) is 5.33. The first kappa shape index (κ1) is 19.9. The summed E-state index contributed by atoms with van der Waals surface area (Å²) in [6.07, 6.45) is -1.31. The first-order chi connectivity index (χ1) is 12.3. The second-order valence-corrected chi connectivity index (χ2v) is 6.56. The number of aliphatic hydroxyl groups is 2. The van der Waals surface area contributed by atoms with Crippen molar-refractivity contribution in [2.45, 2.75) is 24.7 Å². The molecule has 1 aromatic carbocycles. The Morgan fingerprint density at radius 3 is 2.58 bits per heavy atom. The molecule has 26 heavy (non-hydrogen) atoms. The highest BCUT2D eigenvalue weighted by Gasteiger charge is 2.33. The number of carbonyl (C=O) groups is 3. The highest BCUT2D eigenvalue weighted by Crippen LogP contribution is 2.22. The molecule has 1 aliphatic rings. The van der Waals surface area contributed by atoms with E-state index in [1.165, 1.54) is 6.08 Å². The molecule has 0 aromatic heterocycles. The van der Waals surface area contributed by atoms with Gasteiger partial charge in [-0.3, -0.25) is 9.59 Å². The van der Waals surface area contributed by atoms with Crippen LogP contribution in [0.3, 0.4) is 0 Å². The molecule has 10 heteroatoms. The maximum atomic E-state index is 12.1. The Morgan fingerprint density at radius 2 is 1.92 bits per heavy atom. The molecule has 1 aromatic rings. The number of amides is 4. The van der Waals surface area contributed by atoms with Crippen LogP contribution >= 0.6 is 15.9 Å². The van der Waals surface area contributed by atoms with Gasteiger partial charge in [-0.25, -0.2) is 4.79 Å². The monoisotopic (exact) mass is 426 g/mol. The molecular weight excluding hydrogens is 408 g/mol. The van der Waals surface area contributed by atoms with Gasteiger partial charge in [0.25, 0.3) is 0 Å². The zero-order chi connectivity index (χ0) is 19.3. The third-order valence-electron chi connectivity index (χ3n) is 3.71. The van der Waals surface area contributed by atoms with Crippen LogP contribution in [0.25, 0.3) is 0 Å². The summed E-state index contributed by atoms with van der Waals surface area (Å²) < 4.78 is 0.668. The number of anilines is 1. The maximum absolute atomic E-state index is 12.1. The molecule has 2 rings (SSSR count). The van der Waals surface area contributed by atoms with Gasteiger partial charge in [0.15, 0.2) is 0 Å². The Labute approximate surface area is 157 Å². The van der Waals surface area contributed by atoms with Crippen molar-refractivity contribution in [3.63, 3.8) is 0 Å². The lowest BCUT2D eigenvalue weighted by molar-refractivity contribution is -0.123. The van der Waals surface area contributed by atoms with Crippen molar-refractivity contribution in [1.82, 2.24) is 10.6 Å². The number of nitrogens with one attached hydrogen (secondary N) is 3. The average Bonchev–Trinajstić information content (AvgIpc) is 2.58. The van der Waals surface area contributed by atoms with Crippen LogP contribution in [0, 0.1) is 0 Å². The molecule has 0 saturated carbocycles. The Morgan fingerprint density at radius 1 is 1.23 bits per heavy atom. The van der Waals surface area contributed by atoms with Gasteiger partial charge >= 0.3 is 6.03 Å². The van der Waals surface area contributed by atoms with Crippen LogP contribution in [-0.4, -0.2) is 52.9 Å². The van der Waals surface area contributed by atoms with Gasteiger partial charge in [-0.05, 0) is 28.1 Å². The minimum absolute atomic E-state index is 0.115. The minimum atomic E-state index is -1.28. The number of hydrogen-bond acceptors (Lipinski definition) is 5. The van der Waals surface area contributed by atoms with Gasteiger partial charge < -0.3 is 31.9 Å². The molecule has 0 bridgehead atoms. The molecule has 0 radical (unpaired) electrons. The van der Waals surface area contributed by atoms with Gasteiger partial charge in [-0.1, -0.05) is 18.2 Å². The topological polar surface area (TPSA) is 154 Å². The molecular formula is C16H19BrN4O5. The second-order valence-electron chi connectivity index (χ2n) is 5.71. The zero-order valence-electron chi connectivity index (χ0n) is 13.6. The number of rotatable bonds is 5. The van der Waals surface area contributed by atoms with Crippen molar-refractivity contribution < 1.29 is 24.6 Å². The summed E-state index contributed by atoms with van der Waals surface area (Å²) in [6.45, 7) is -0.352. The number of carbonyl (C=O) groups excluding carboxylic acids is 3. The summed E-state index contributed by atoms with van der Waals surface area (Å²) in [4.78, 5) is 34.9. The molecule has 3 atom stereocenters. The molecule has 0 saturated heterocycles. The molecule has 1 aliphatic carbocycles. The van der Waals surface area contributed by atoms with Crippen molar-refractivity contribution >= 4 is 39.5 Å². The molecule has 4 amide bonds. The SMILES string of the molecule is NC(=O)CNC(=O)C1=C[C@@H](NC(=O)Nc2ccccc2Br)[C@@H](O)[C@H](O)C1. The van der Waals surface area contributed by atoms with Crippen LogP contribution in [0.15, 0.2) is 40.4 Å². The second kappa shape index (κ2) is 8.79. The van der Waals surface area contributed by atoms with Gasteiger partial charge in [-0.2, -0.15) is 0 Å². The van der Waals surface area contributed by atoms with Crippen LogP contribution in [0.1, 0.15) is 6.42 Å². The van der Waals surface area contributed by atoms with E-state index in [4.69, 9.17) is 5.73 Å². The lowest BCUT2D eigenvalue weighted by Gasteiger charge is -2.31. The number of nitrogens with two attached hydrogens (primary N) is 1. The number of benzene rings is 1. The Balaban J connectivity index is 2.06. The number of para-hydroxylation sites is 1. The summed E-state index contributed by atoms with van der Waals surface area (Å²) in [7, 11) is 0. The highest BCUT2D eigenvalue weighted by atomic mass is 79.9. The Hall–Kier alpha value is -2.43. The maximum Gasteiger partial charge on any atom is 0.319 e. The lowest BCUT2D eigenvalue weighted by Crippen LogP contribution is -2.52. The van der Waals surface area contributed by atoms with Crippen LogP contribution in [0.5, 0.6) is 0 Å². The van der Waals surface area contributed by atoms with Gasteiger partial charge in [0, 0.05) is 16.5 Å². The van der Waals surface area contributed by atoms with Crippen molar-refractivity contribution in [3.05, 3.63) is 40.4 Å². The van der Waals surface area contributed by atoms with Gasteiger partial charge in [0.1, 0.15) is 6.10 Å². The highest BCUT2D eigenvalue weighted by molar-refractivity contribution is 9.10. The average molecular weight is 427 g/mol. The predicted octanol–water partition coefficient (Wildman–Crippen LogP) is -0.407. The Kier molecular flexibility index (Phi) is 6.72. The predicted molar refractivity (Wildman–Crippen MR) is 97.0 cm³/mol. The quantitative estimate of drug-likeness (QED) is 0.377. The summed E-state index contributed by atoms with van der Waals surface area (Å²) in [5, 5.41) is 27.4. The van der Waals surface area contributed by atoms with Crippen LogP contribution in [0.4, 0.5) is 10.5 Å². The first-order valence-corrected chi connectivity index (χ1v) is 8.52. The summed E-state index contributed by atoms with van der Waals surface area (Å²) >= 11 is 3.29. The van der Waals surface area contributed by atoms with E-state index in [0.717, 1.165) is 0 Å². The van der Waals surface area contributed by atoms with Crippen molar-refractivity contribution in [2.24, 2.45) is 5.73 Å². The first-order valence-electron chi connectivity index (χ1n) is 7.73. The minimum Gasteiger partial charge on any atom is -0.390 e. The smallest absolute Gasteiger partial charge is 0.319 e. The molecule has 7 N–H and O–H groups in total. The largest absolute Gasteiger partial charge is 0.390 e. The number of urea groups is 1. The van der Waals surface area contributed by atoms with Gasteiger partial charge in [0.2, 0.25) is 11.8 Å². The van der Waals surface area contributed by atoms with E-state index < -0.39 is 36.1 Å². The Bertz CT molecular complexity index is 739. The van der Waals surface area contributed by atoms with E-state index in [2.05, 4.69) is 31.9 Å². The number of halogens is 1. The van der Waals surface area contributed by atoms with Crippen LogP contribution in [0.2, 0.25) is 0 Å². The van der Waals surface area contributed by atoms with Crippen LogP contribution < -0.4 is 21.7 Å². The zero-order valence-corrected chi connectivity index (χ0v) is 15.2. The molecule has 0 spiro atoms. The number of hydrogen-bond donors (Lipinski definition) is 6. The van der Waals surface area contributed by atoms with Crippen molar-refractivity contribution in [2.75, 3.05) is 11.9 Å². The van der Waals surface area contributed by atoms with Gasteiger partial charge in [0.05, 0.1) is 24.4 Å². The number of aliphatic hydroxyl groups excluding tert-OH is 2. The van der Waals surface area contributed by atoms with E-state index in [1.807, 2.05) is 0 Å². The molecule has 9 nitrogen and oxygen atoms in total. The van der Waals surface area contributed by atoms with E-state index >= 15 is 0 Å². The van der Waals surface area contributed by atoms with E-state index in [1.54, 1.807) is 24.3 Å². The standard InChI is InChI=1S/C16H19BrN4O5/c17-9-3-1-2-4-10(9)20-16(26)21-11-5-8(6-12(22)14(11)24)15(25)19-7-13(18)23/h1-5,11-12,14,22,24H,6-7H2,(H2,18,23)(H,19,25)(H2,20,21,26)/t11-,12-,14-/m1/s1. The van der Waals surface area contributed by atoms with Crippen molar-refractivity contribution in [3.8, 4) is 0 Å². The fourth-order valence-electron chi connectivity index (χ4n) is 2.42. The van der Waals surface area contributed by atoms with Crippen LogP contribution in [-0.2, 0) is 9.59 Å². The summed E-state index contributed by atoms with van der Waals surface area (Å²) in [5.41, 5.74) is 5.61. The van der Waals surface area contributed by atoms with E-state index in [0.29, 0.717) is 10.2 Å². The van der Waals surface area contributed by atoms with E-state index in [9.17, 15) is 24.6 Å². The normalized spacial score (nSPS) is 22.1. The lowest BCUT2D eigenvalue weighted by atomic mass is 9.90. The third-order valence-corrected chi connectivity index (χ3v) is 4.40. The fourth-order valence-corrected chi connectivity index (χ4v) is 2.80. The van der Waals surface area contributed by atoms with Gasteiger partial charge in [-0.15, -0.1) is 0 Å². The molecule has 0 aliphatic heterocycles.